The van der Waals surface area contributed by atoms with E-state index in [1.54, 1.807) is 14.0 Å². The number of aliphatic hydroxyl groups excluding tert-OH is 1. The summed E-state index contributed by atoms with van der Waals surface area (Å²) < 4.78 is 1.45. The van der Waals surface area contributed by atoms with Gasteiger partial charge in [-0.3, -0.25) is 9.48 Å². The number of aliphatic hydroxyl groups is 1. The first-order valence-electron chi connectivity index (χ1n) is 7.87. The van der Waals surface area contributed by atoms with Crippen LogP contribution in [-0.2, 0) is 12.5 Å². The normalized spacial score (nSPS) is 13.0. The number of rotatable bonds is 4. The number of carbonyl (C=O) groups excluding carboxylic acids is 1. The van der Waals surface area contributed by atoms with E-state index in [4.69, 9.17) is 11.6 Å². The first-order valence-corrected chi connectivity index (χ1v) is 8.25. The predicted octanol–water partition coefficient (Wildman–Crippen LogP) is 3.14. The molecule has 2 N–H and O–H groups in total. The van der Waals surface area contributed by atoms with E-state index < -0.39 is 6.10 Å². The molecule has 24 heavy (non-hydrogen) atoms. The van der Waals surface area contributed by atoms with Gasteiger partial charge in [-0.2, -0.15) is 5.10 Å². The number of carbonyl (C=O) groups is 1. The highest BCUT2D eigenvalue weighted by molar-refractivity contribution is 6.33. The van der Waals surface area contributed by atoms with Crippen LogP contribution in [0.4, 0.5) is 0 Å². The van der Waals surface area contributed by atoms with Crippen LogP contribution in [0.5, 0.6) is 0 Å². The monoisotopic (exact) mass is 349 g/mol. The van der Waals surface area contributed by atoms with Gasteiger partial charge in [0, 0.05) is 13.6 Å². The highest BCUT2D eigenvalue weighted by Crippen LogP contribution is 2.24. The van der Waals surface area contributed by atoms with Crippen LogP contribution in [0.15, 0.2) is 24.3 Å². The van der Waals surface area contributed by atoms with Gasteiger partial charge in [-0.25, -0.2) is 0 Å². The molecule has 1 aromatic heterocycles. The van der Waals surface area contributed by atoms with Crippen LogP contribution in [0, 0.1) is 6.92 Å². The molecule has 2 aromatic rings. The zero-order valence-corrected chi connectivity index (χ0v) is 15.5. The van der Waals surface area contributed by atoms with E-state index in [1.807, 2.05) is 24.3 Å². The van der Waals surface area contributed by atoms with Gasteiger partial charge in [0.15, 0.2) is 0 Å². The van der Waals surface area contributed by atoms with Gasteiger partial charge in [-0.15, -0.1) is 0 Å². The van der Waals surface area contributed by atoms with Crippen molar-refractivity contribution < 1.29 is 9.90 Å². The van der Waals surface area contributed by atoms with Crippen molar-refractivity contribution in [1.29, 1.82) is 0 Å². The Bertz CT molecular complexity index is 730. The summed E-state index contributed by atoms with van der Waals surface area (Å²) in [6.45, 7) is 8.25. The van der Waals surface area contributed by atoms with Crippen molar-refractivity contribution in [3.05, 3.63) is 51.8 Å². The lowest BCUT2D eigenvalue weighted by molar-refractivity contribution is 0.0916. The van der Waals surface area contributed by atoms with Gasteiger partial charge >= 0.3 is 0 Å². The molecule has 1 atom stereocenters. The molecule has 0 spiro atoms. The highest BCUT2D eigenvalue weighted by atomic mass is 35.5. The summed E-state index contributed by atoms with van der Waals surface area (Å²) in [5, 5.41) is 17.4. The molecule has 0 aliphatic heterocycles. The zero-order chi connectivity index (χ0) is 18.1. The summed E-state index contributed by atoms with van der Waals surface area (Å²) in [4.78, 5) is 12.3. The molecule has 1 amide bonds. The molecule has 0 radical (unpaired) electrons. The minimum atomic E-state index is -0.779. The van der Waals surface area contributed by atoms with E-state index in [1.165, 1.54) is 10.2 Å². The number of hydrogen-bond acceptors (Lipinski definition) is 3. The molecule has 0 aliphatic carbocycles. The number of aromatic nitrogens is 2. The van der Waals surface area contributed by atoms with Crippen LogP contribution >= 0.6 is 11.6 Å². The van der Waals surface area contributed by atoms with Gasteiger partial charge in [0.2, 0.25) is 0 Å². The van der Waals surface area contributed by atoms with Crippen molar-refractivity contribution in [3.63, 3.8) is 0 Å². The second-order valence-corrected chi connectivity index (χ2v) is 7.33. The number of benzene rings is 1. The van der Waals surface area contributed by atoms with Gasteiger partial charge in [0.25, 0.3) is 5.91 Å². The first-order chi connectivity index (χ1) is 11.1. The van der Waals surface area contributed by atoms with E-state index in [2.05, 4.69) is 31.2 Å². The van der Waals surface area contributed by atoms with Crippen molar-refractivity contribution >= 4 is 17.5 Å². The summed E-state index contributed by atoms with van der Waals surface area (Å²) in [6, 6.07) is 7.78. The number of halogens is 1. The average molecular weight is 350 g/mol. The van der Waals surface area contributed by atoms with E-state index in [-0.39, 0.29) is 23.0 Å². The molecule has 0 aliphatic rings. The summed E-state index contributed by atoms with van der Waals surface area (Å²) in [5.74, 6) is -0.337. The smallest absolute Gasteiger partial charge is 0.256 e. The lowest BCUT2D eigenvalue weighted by Crippen LogP contribution is -2.29. The maximum Gasteiger partial charge on any atom is 0.256 e. The van der Waals surface area contributed by atoms with Gasteiger partial charge in [0.1, 0.15) is 5.15 Å². The third kappa shape index (κ3) is 3.97. The minimum absolute atomic E-state index is 0.0618. The molecule has 2 rings (SSSR count). The first kappa shape index (κ1) is 18.5. The molecular weight excluding hydrogens is 326 g/mol. The van der Waals surface area contributed by atoms with Crippen molar-refractivity contribution in [3.8, 4) is 0 Å². The van der Waals surface area contributed by atoms with E-state index >= 15 is 0 Å². The van der Waals surface area contributed by atoms with Crippen molar-refractivity contribution in [2.75, 3.05) is 6.54 Å². The largest absolute Gasteiger partial charge is 0.387 e. The fraction of sp³-hybridized carbons (Fsp3) is 0.444. The maximum absolute atomic E-state index is 12.3. The molecule has 0 saturated carbocycles. The molecule has 6 heteroatoms. The summed E-state index contributed by atoms with van der Waals surface area (Å²) in [7, 11) is 1.68. The second-order valence-electron chi connectivity index (χ2n) is 6.97. The molecule has 1 heterocycles. The molecule has 0 saturated heterocycles. The van der Waals surface area contributed by atoms with E-state index in [0.29, 0.717) is 11.3 Å². The van der Waals surface area contributed by atoms with Crippen LogP contribution in [0.2, 0.25) is 5.15 Å². The Balaban J connectivity index is 2.02. The Hall–Kier alpha value is -1.85. The van der Waals surface area contributed by atoms with Crippen molar-refractivity contribution in [2.24, 2.45) is 7.05 Å². The van der Waals surface area contributed by atoms with E-state index in [0.717, 1.165) is 5.56 Å². The second kappa shape index (κ2) is 6.95. The minimum Gasteiger partial charge on any atom is -0.387 e. The topological polar surface area (TPSA) is 67.2 Å². The Morgan fingerprint density at radius 2 is 1.92 bits per heavy atom. The number of nitrogens with zero attached hydrogens (tertiary/aromatic N) is 2. The fourth-order valence-electron chi connectivity index (χ4n) is 2.49. The van der Waals surface area contributed by atoms with Crippen molar-refractivity contribution in [1.82, 2.24) is 15.1 Å². The molecule has 0 fully saturated rings. The molecular formula is C18H24ClN3O2. The van der Waals surface area contributed by atoms with Crippen LogP contribution in [0.25, 0.3) is 0 Å². The Labute approximate surface area is 147 Å². The van der Waals surface area contributed by atoms with E-state index in [9.17, 15) is 9.90 Å². The van der Waals surface area contributed by atoms with Crippen LogP contribution < -0.4 is 5.32 Å². The number of nitrogens with one attached hydrogen (secondary N) is 1. The van der Waals surface area contributed by atoms with Crippen LogP contribution in [-0.4, -0.2) is 27.3 Å². The molecule has 130 valence electrons. The Morgan fingerprint density at radius 3 is 2.38 bits per heavy atom. The number of hydrogen-bond donors (Lipinski definition) is 2. The average Bonchev–Trinajstić information content (AvgIpc) is 2.76. The summed E-state index contributed by atoms with van der Waals surface area (Å²) in [6.07, 6.45) is -0.779. The third-order valence-corrected chi connectivity index (χ3v) is 4.43. The highest BCUT2D eigenvalue weighted by Gasteiger charge is 2.20. The van der Waals surface area contributed by atoms with Crippen LogP contribution in [0.1, 0.15) is 54.1 Å². The standard InChI is InChI=1S/C18H24ClN3O2/c1-11-15(16(19)22(5)21-11)17(24)20-10-14(23)12-6-8-13(9-7-12)18(2,3)4/h6-9,14,23H,10H2,1-5H3,(H,20,24). The number of amides is 1. The third-order valence-electron chi connectivity index (χ3n) is 4.00. The predicted molar refractivity (Wildman–Crippen MR) is 95.4 cm³/mol. The zero-order valence-electron chi connectivity index (χ0n) is 14.7. The molecule has 5 nitrogen and oxygen atoms in total. The number of aryl methyl sites for hydroxylation is 2. The lowest BCUT2D eigenvalue weighted by Gasteiger charge is -2.20. The molecule has 1 unspecified atom stereocenters. The Morgan fingerprint density at radius 1 is 1.33 bits per heavy atom. The van der Waals surface area contributed by atoms with Gasteiger partial charge in [0.05, 0.1) is 17.4 Å². The van der Waals surface area contributed by atoms with Gasteiger partial charge in [-0.1, -0.05) is 56.6 Å². The quantitative estimate of drug-likeness (QED) is 0.891. The summed E-state index contributed by atoms with van der Waals surface area (Å²) >= 11 is 6.08. The maximum atomic E-state index is 12.3. The molecule has 1 aromatic carbocycles. The van der Waals surface area contributed by atoms with Crippen LogP contribution in [0.3, 0.4) is 0 Å². The lowest BCUT2D eigenvalue weighted by atomic mass is 9.86. The van der Waals surface area contributed by atoms with Gasteiger partial charge < -0.3 is 10.4 Å². The van der Waals surface area contributed by atoms with Gasteiger partial charge in [-0.05, 0) is 23.5 Å². The van der Waals surface area contributed by atoms with Crippen molar-refractivity contribution in [2.45, 2.75) is 39.2 Å². The Kier molecular flexibility index (Phi) is 5.35. The summed E-state index contributed by atoms with van der Waals surface area (Å²) in [5.41, 5.74) is 2.92. The fourth-order valence-corrected chi connectivity index (χ4v) is 2.75. The molecule has 0 bridgehead atoms. The SMILES string of the molecule is Cc1nn(C)c(Cl)c1C(=O)NCC(O)c1ccc(C(C)(C)C)cc1.